The van der Waals surface area contributed by atoms with Gasteiger partial charge in [0.25, 0.3) is 0 Å². The molecule has 2 aromatic carbocycles. The number of para-hydroxylation sites is 1. The molecule has 0 atom stereocenters. The van der Waals surface area contributed by atoms with Crippen LogP contribution in [0, 0.1) is 13.8 Å². The quantitative estimate of drug-likeness (QED) is 0.688. The minimum Gasteiger partial charge on any atom is -0.399 e. The van der Waals surface area contributed by atoms with Crippen molar-refractivity contribution in [2.45, 2.75) is 0 Å². The molecule has 3 nitrogen and oxygen atoms in total. The van der Waals surface area contributed by atoms with E-state index in [-0.39, 0.29) is 0 Å². The first-order valence-electron chi connectivity index (χ1n) is 5.27. The smallest absolute Gasteiger partial charge is 0.0458 e. The molecule has 0 unspecified atom stereocenters. The van der Waals surface area contributed by atoms with Gasteiger partial charge in [-0.3, -0.25) is 0 Å². The molecule has 86 valence electrons. The summed E-state index contributed by atoms with van der Waals surface area (Å²) >= 11 is 0. The van der Waals surface area contributed by atoms with E-state index in [1.165, 1.54) is 0 Å². The number of anilines is 4. The molecule has 5 N–H and O–H groups in total. The summed E-state index contributed by atoms with van der Waals surface area (Å²) in [6, 6.07) is 11.3. The lowest BCUT2D eigenvalue weighted by molar-refractivity contribution is 1.48. The Balaban J connectivity index is 2.40. The SMILES string of the molecule is [CH2]c1ccccc1Nc1cc(N)cc(N)c1[CH2]. The van der Waals surface area contributed by atoms with Crippen molar-refractivity contribution in [3.8, 4) is 0 Å². The molecule has 0 aliphatic rings. The Morgan fingerprint density at radius 3 is 2.35 bits per heavy atom. The van der Waals surface area contributed by atoms with Crippen LogP contribution in [0.3, 0.4) is 0 Å². The summed E-state index contributed by atoms with van der Waals surface area (Å²) in [5.74, 6) is 0. The standard InChI is InChI=1S/C14H15N3/c1-9-5-3-4-6-13(9)17-14-8-11(15)7-12(16)10(14)2/h3-8,17H,1-2,15-16H2. The highest BCUT2D eigenvalue weighted by Gasteiger charge is 2.05. The minimum absolute atomic E-state index is 0.578. The predicted octanol–water partition coefficient (Wildman–Crippen LogP) is 2.96. The molecule has 0 aliphatic heterocycles. The van der Waals surface area contributed by atoms with Crippen LogP contribution in [0.2, 0.25) is 0 Å². The van der Waals surface area contributed by atoms with Gasteiger partial charge in [-0.2, -0.15) is 0 Å². The number of hydrogen-bond donors (Lipinski definition) is 3. The Bertz CT molecular complexity index is 547. The average Bonchev–Trinajstić information content (AvgIpc) is 2.28. The molecule has 17 heavy (non-hydrogen) atoms. The van der Waals surface area contributed by atoms with Crippen molar-refractivity contribution >= 4 is 22.7 Å². The third kappa shape index (κ3) is 2.33. The summed E-state index contributed by atoms with van der Waals surface area (Å²) in [5.41, 5.74) is 16.1. The van der Waals surface area contributed by atoms with Crippen LogP contribution in [-0.2, 0) is 0 Å². The zero-order valence-corrected chi connectivity index (χ0v) is 9.53. The number of nitrogens with two attached hydrogens (primary N) is 2. The zero-order valence-electron chi connectivity index (χ0n) is 9.53. The van der Waals surface area contributed by atoms with E-state index in [2.05, 4.69) is 19.2 Å². The van der Waals surface area contributed by atoms with Crippen LogP contribution in [-0.4, -0.2) is 0 Å². The Labute approximate surface area is 101 Å². The van der Waals surface area contributed by atoms with E-state index in [0.29, 0.717) is 11.4 Å². The Morgan fingerprint density at radius 1 is 0.941 bits per heavy atom. The summed E-state index contributed by atoms with van der Waals surface area (Å²) in [4.78, 5) is 0. The van der Waals surface area contributed by atoms with Gasteiger partial charge in [0.2, 0.25) is 0 Å². The monoisotopic (exact) mass is 225 g/mol. The number of benzene rings is 2. The highest BCUT2D eigenvalue weighted by Crippen LogP contribution is 2.28. The van der Waals surface area contributed by atoms with Gasteiger partial charge in [-0.1, -0.05) is 18.2 Å². The summed E-state index contributed by atoms with van der Waals surface area (Å²) in [5, 5.41) is 3.24. The van der Waals surface area contributed by atoms with Crippen molar-refractivity contribution in [2.75, 3.05) is 16.8 Å². The van der Waals surface area contributed by atoms with Crippen molar-refractivity contribution in [1.82, 2.24) is 0 Å². The molecule has 0 amide bonds. The van der Waals surface area contributed by atoms with Crippen LogP contribution >= 0.6 is 0 Å². The summed E-state index contributed by atoms with van der Waals surface area (Å²) in [7, 11) is 0. The Hall–Kier alpha value is -2.16. The molecule has 2 radical (unpaired) electrons. The normalized spacial score (nSPS) is 10.2. The molecule has 2 rings (SSSR count). The lowest BCUT2D eigenvalue weighted by atomic mass is 10.1. The van der Waals surface area contributed by atoms with Gasteiger partial charge in [0.15, 0.2) is 0 Å². The fourth-order valence-electron chi connectivity index (χ4n) is 1.62. The van der Waals surface area contributed by atoms with Gasteiger partial charge in [0.1, 0.15) is 0 Å². The second-order valence-corrected chi connectivity index (χ2v) is 3.92. The van der Waals surface area contributed by atoms with Gasteiger partial charge in [0, 0.05) is 22.7 Å². The zero-order chi connectivity index (χ0) is 12.4. The average molecular weight is 225 g/mol. The van der Waals surface area contributed by atoms with Gasteiger partial charge in [-0.15, -0.1) is 0 Å². The number of nitrogens with one attached hydrogen (secondary N) is 1. The fourth-order valence-corrected chi connectivity index (χ4v) is 1.62. The van der Waals surface area contributed by atoms with Crippen molar-refractivity contribution in [3.05, 3.63) is 61.4 Å². The molecule has 0 aliphatic carbocycles. The second-order valence-electron chi connectivity index (χ2n) is 3.92. The van der Waals surface area contributed by atoms with Gasteiger partial charge < -0.3 is 16.8 Å². The van der Waals surface area contributed by atoms with Gasteiger partial charge in [-0.05, 0) is 43.2 Å². The molecule has 0 aromatic heterocycles. The van der Waals surface area contributed by atoms with E-state index in [4.69, 9.17) is 11.5 Å². The lowest BCUT2D eigenvalue weighted by Gasteiger charge is -2.14. The van der Waals surface area contributed by atoms with Crippen LogP contribution in [0.1, 0.15) is 11.1 Å². The second kappa shape index (κ2) is 4.37. The third-order valence-corrected chi connectivity index (χ3v) is 2.59. The Morgan fingerprint density at radius 2 is 1.65 bits per heavy atom. The van der Waals surface area contributed by atoms with Crippen molar-refractivity contribution in [2.24, 2.45) is 0 Å². The van der Waals surface area contributed by atoms with Gasteiger partial charge in [-0.25, -0.2) is 0 Å². The summed E-state index contributed by atoms with van der Waals surface area (Å²) < 4.78 is 0. The molecule has 0 spiro atoms. The molecule has 3 heteroatoms. The first-order chi connectivity index (χ1) is 8.08. The van der Waals surface area contributed by atoms with E-state index in [1.807, 2.05) is 30.3 Å². The molecule has 0 fully saturated rings. The van der Waals surface area contributed by atoms with Crippen LogP contribution < -0.4 is 16.8 Å². The van der Waals surface area contributed by atoms with Crippen molar-refractivity contribution in [1.29, 1.82) is 0 Å². The minimum atomic E-state index is 0.578. The molecule has 0 saturated heterocycles. The maximum atomic E-state index is 5.82. The van der Waals surface area contributed by atoms with Gasteiger partial charge in [0.05, 0.1) is 0 Å². The maximum absolute atomic E-state index is 5.82. The molecule has 0 heterocycles. The van der Waals surface area contributed by atoms with E-state index < -0.39 is 0 Å². The van der Waals surface area contributed by atoms with Crippen molar-refractivity contribution in [3.63, 3.8) is 0 Å². The largest absolute Gasteiger partial charge is 0.399 e. The summed E-state index contributed by atoms with van der Waals surface area (Å²) in [6.45, 7) is 7.87. The topological polar surface area (TPSA) is 64.1 Å². The highest BCUT2D eigenvalue weighted by atomic mass is 14.9. The van der Waals surface area contributed by atoms with Crippen molar-refractivity contribution < 1.29 is 0 Å². The number of hydrogen-bond acceptors (Lipinski definition) is 3. The number of nitrogen functional groups attached to an aromatic ring is 2. The molecular formula is C14H15N3. The van der Waals surface area contributed by atoms with Crippen LogP contribution in [0.15, 0.2) is 36.4 Å². The molecule has 0 saturated carbocycles. The lowest BCUT2D eigenvalue weighted by Crippen LogP contribution is -2.00. The molecule has 2 aromatic rings. The number of rotatable bonds is 2. The fraction of sp³-hybridized carbons (Fsp3) is 0. The molecule has 0 bridgehead atoms. The van der Waals surface area contributed by atoms with E-state index in [1.54, 1.807) is 6.07 Å². The van der Waals surface area contributed by atoms with E-state index >= 15 is 0 Å². The molecular weight excluding hydrogens is 210 g/mol. The van der Waals surface area contributed by atoms with Crippen LogP contribution in [0.5, 0.6) is 0 Å². The van der Waals surface area contributed by atoms with Crippen LogP contribution in [0.25, 0.3) is 0 Å². The maximum Gasteiger partial charge on any atom is 0.0458 e. The predicted molar refractivity (Wildman–Crippen MR) is 73.9 cm³/mol. The van der Waals surface area contributed by atoms with Gasteiger partial charge >= 0.3 is 0 Å². The first kappa shape index (κ1) is 11.3. The first-order valence-corrected chi connectivity index (χ1v) is 5.27. The Kier molecular flexibility index (Phi) is 2.91. The van der Waals surface area contributed by atoms with E-state index in [9.17, 15) is 0 Å². The highest BCUT2D eigenvalue weighted by molar-refractivity contribution is 5.76. The third-order valence-electron chi connectivity index (χ3n) is 2.59. The van der Waals surface area contributed by atoms with Crippen LogP contribution in [0.4, 0.5) is 22.7 Å². The summed E-state index contributed by atoms with van der Waals surface area (Å²) in [6.07, 6.45) is 0. The van der Waals surface area contributed by atoms with E-state index in [0.717, 1.165) is 22.5 Å².